The Bertz CT molecular complexity index is 357. The molecule has 0 amide bonds. The first-order chi connectivity index (χ1) is 9.92. The summed E-state index contributed by atoms with van der Waals surface area (Å²) in [5, 5.41) is 12.8. The van der Waals surface area contributed by atoms with Crippen molar-refractivity contribution in [3.8, 4) is 0 Å². The van der Waals surface area contributed by atoms with E-state index in [0.29, 0.717) is 12.1 Å². The lowest BCUT2D eigenvalue weighted by Crippen LogP contribution is -2.50. The lowest BCUT2D eigenvalue weighted by atomic mass is 9.91. The van der Waals surface area contributed by atoms with Gasteiger partial charge in [-0.15, -0.1) is 0 Å². The second kappa shape index (κ2) is 7.10. The quantitative estimate of drug-likeness (QED) is 0.676. The Morgan fingerprint density at radius 2 is 2.00 bits per heavy atom. The van der Waals surface area contributed by atoms with Gasteiger partial charge in [0.15, 0.2) is 0 Å². The largest absolute Gasteiger partial charge is 0.480 e. The van der Waals surface area contributed by atoms with E-state index in [1.165, 1.54) is 19.4 Å². The number of rotatable bonds is 8. The molecule has 1 aliphatic heterocycles. The maximum Gasteiger partial charge on any atom is 0.323 e. The number of carboxylic acids is 1. The fourth-order valence-corrected chi connectivity index (χ4v) is 3.45. The molecule has 2 N–H and O–H groups in total. The second-order valence-electron chi connectivity index (χ2n) is 7.41. The van der Waals surface area contributed by atoms with Gasteiger partial charge in [0.1, 0.15) is 5.54 Å². The van der Waals surface area contributed by atoms with Crippen molar-refractivity contribution in [2.24, 2.45) is 5.92 Å². The molecule has 2 fully saturated rings. The van der Waals surface area contributed by atoms with E-state index in [0.717, 1.165) is 44.6 Å². The summed E-state index contributed by atoms with van der Waals surface area (Å²) in [4.78, 5) is 14.1. The van der Waals surface area contributed by atoms with Gasteiger partial charge in [0, 0.05) is 12.1 Å². The zero-order valence-corrected chi connectivity index (χ0v) is 13.9. The standard InChI is InChI=1S/C17H32N2O2/c1-13-7-6-12-19(14(13)2)11-5-4-10-17(3,16(20)21)18-15-8-9-15/h13-15,18H,4-12H2,1-3H3,(H,20,21). The minimum absolute atomic E-state index is 0.439. The smallest absolute Gasteiger partial charge is 0.323 e. The molecule has 0 radical (unpaired) electrons. The first-order valence-corrected chi connectivity index (χ1v) is 8.67. The first-order valence-electron chi connectivity index (χ1n) is 8.67. The van der Waals surface area contributed by atoms with Gasteiger partial charge in [0.05, 0.1) is 0 Å². The minimum atomic E-state index is -0.734. The van der Waals surface area contributed by atoms with Crippen LogP contribution in [0.5, 0.6) is 0 Å². The second-order valence-corrected chi connectivity index (χ2v) is 7.41. The number of carboxylic acid groups (broad SMARTS) is 1. The molecule has 0 aromatic rings. The van der Waals surface area contributed by atoms with Crippen molar-refractivity contribution in [2.45, 2.75) is 83.3 Å². The molecular formula is C17H32N2O2. The van der Waals surface area contributed by atoms with E-state index in [2.05, 4.69) is 24.1 Å². The van der Waals surface area contributed by atoms with Crippen LogP contribution in [0, 0.1) is 5.92 Å². The number of hydrogen-bond acceptors (Lipinski definition) is 3. The molecular weight excluding hydrogens is 264 g/mol. The third-order valence-electron chi connectivity index (χ3n) is 5.45. The molecule has 1 saturated carbocycles. The first kappa shape index (κ1) is 16.8. The minimum Gasteiger partial charge on any atom is -0.480 e. The van der Waals surface area contributed by atoms with Crippen LogP contribution in [0.1, 0.15) is 65.7 Å². The molecule has 2 aliphatic rings. The Morgan fingerprint density at radius 3 is 2.62 bits per heavy atom. The van der Waals surface area contributed by atoms with Gasteiger partial charge in [-0.3, -0.25) is 10.1 Å². The summed E-state index contributed by atoms with van der Waals surface area (Å²) in [5.41, 5.74) is -0.734. The third-order valence-corrected chi connectivity index (χ3v) is 5.45. The molecule has 0 bridgehead atoms. The number of piperidine rings is 1. The fourth-order valence-electron chi connectivity index (χ4n) is 3.45. The molecule has 0 aromatic carbocycles. The van der Waals surface area contributed by atoms with Gasteiger partial charge < -0.3 is 10.0 Å². The van der Waals surface area contributed by atoms with Crippen LogP contribution in [0.2, 0.25) is 0 Å². The number of carbonyl (C=O) groups is 1. The van der Waals surface area contributed by atoms with Crippen LogP contribution >= 0.6 is 0 Å². The van der Waals surface area contributed by atoms with Crippen molar-refractivity contribution in [3.63, 3.8) is 0 Å². The van der Waals surface area contributed by atoms with Crippen LogP contribution < -0.4 is 5.32 Å². The molecule has 0 aromatic heterocycles. The zero-order chi connectivity index (χ0) is 15.5. The van der Waals surface area contributed by atoms with Gasteiger partial charge >= 0.3 is 5.97 Å². The summed E-state index contributed by atoms with van der Waals surface area (Å²) < 4.78 is 0. The van der Waals surface area contributed by atoms with Gasteiger partial charge in [0.25, 0.3) is 0 Å². The number of hydrogen-bond donors (Lipinski definition) is 2. The van der Waals surface area contributed by atoms with Crippen molar-refractivity contribution in [2.75, 3.05) is 13.1 Å². The average Bonchev–Trinajstić information content (AvgIpc) is 3.23. The number of unbranched alkanes of at least 4 members (excludes halogenated alkanes) is 1. The van der Waals surface area contributed by atoms with Crippen LogP contribution in [0.25, 0.3) is 0 Å². The monoisotopic (exact) mass is 296 g/mol. The normalized spacial score (nSPS) is 30.0. The summed E-state index contributed by atoms with van der Waals surface area (Å²) >= 11 is 0. The van der Waals surface area contributed by atoms with E-state index in [1.807, 2.05) is 6.92 Å². The molecule has 1 saturated heterocycles. The number of likely N-dealkylation sites (tertiary alicyclic amines) is 1. The maximum atomic E-state index is 11.5. The van der Waals surface area contributed by atoms with E-state index < -0.39 is 11.5 Å². The van der Waals surface area contributed by atoms with Crippen LogP contribution in [0.4, 0.5) is 0 Å². The molecule has 3 atom stereocenters. The van der Waals surface area contributed by atoms with E-state index in [4.69, 9.17) is 0 Å². The Kier molecular flexibility index (Phi) is 5.67. The van der Waals surface area contributed by atoms with Gasteiger partial charge in [-0.2, -0.15) is 0 Å². The third kappa shape index (κ3) is 4.68. The molecule has 2 rings (SSSR count). The van der Waals surface area contributed by atoms with E-state index in [1.54, 1.807) is 0 Å². The Balaban J connectivity index is 1.71. The molecule has 0 spiro atoms. The summed E-state index contributed by atoms with van der Waals surface area (Å²) in [5.74, 6) is 0.0916. The molecule has 1 aliphatic carbocycles. The van der Waals surface area contributed by atoms with Gasteiger partial charge in [0.2, 0.25) is 0 Å². The van der Waals surface area contributed by atoms with Crippen molar-refractivity contribution < 1.29 is 9.90 Å². The van der Waals surface area contributed by atoms with Gasteiger partial charge in [-0.25, -0.2) is 0 Å². The van der Waals surface area contributed by atoms with E-state index in [-0.39, 0.29) is 0 Å². The predicted molar refractivity (Wildman–Crippen MR) is 85.5 cm³/mol. The fraction of sp³-hybridized carbons (Fsp3) is 0.941. The van der Waals surface area contributed by atoms with E-state index >= 15 is 0 Å². The van der Waals surface area contributed by atoms with Crippen molar-refractivity contribution in [1.82, 2.24) is 10.2 Å². The number of nitrogens with zero attached hydrogens (tertiary/aromatic N) is 1. The predicted octanol–water partition coefficient (Wildman–Crippen LogP) is 2.87. The Hall–Kier alpha value is -0.610. The molecule has 4 heteroatoms. The number of nitrogens with one attached hydrogen (secondary N) is 1. The average molecular weight is 296 g/mol. The highest BCUT2D eigenvalue weighted by Gasteiger charge is 2.37. The molecule has 3 unspecified atom stereocenters. The summed E-state index contributed by atoms with van der Waals surface area (Å²) in [7, 11) is 0. The van der Waals surface area contributed by atoms with Crippen molar-refractivity contribution in [3.05, 3.63) is 0 Å². The van der Waals surface area contributed by atoms with Crippen LogP contribution in [0.3, 0.4) is 0 Å². The van der Waals surface area contributed by atoms with Gasteiger partial charge in [-0.05, 0) is 77.8 Å². The SMILES string of the molecule is CC1CCCN(CCCCC(C)(NC2CC2)C(=O)O)C1C. The summed E-state index contributed by atoms with van der Waals surface area (Å²) in [6.07, 6.45) is 7.74. The molecule has 21 heavy (non-hydrogen) atoms. The molecule has 122 valence electrons. The summed E-state index contributed by atoms with van der Waals surface area (Å²) in [6.45, 7) is 8.85. The topological polar surface area (TPSA) is 52.6 Å². The summed E-state index contributed by atoms with van der Waals surface area (Å²) in [6, 6.07) is 1.11. The molecule has 1 heterocycles. The lowest BCUT2D eigenvalue weighted by molar-refractivity contribution is -0.144. The molecule has 4 nitrogen and oxygen atoms in total. The highest BCUT2D eigenvalue weighted by atomic mass is 16.4. The van der Waals surface area contributed by atoms with Gasteiger partial charge in [-0.1, -0.05) is 6.92 Å². The van der Waals surface area contributed by atoms with E-state index in [9.17, 15) is 9.90 Å². The lowest BCUT2D eigenvalue weighted by Gasteiger charge is -2.38. The zero-order valence-electron chi connectivity index (χ0n) is 13.9. The highest BCUT2D eigenvalue weighted by molar-refractivity contribution is 5.78. The Labute approximate surface area is 129 Å². The highest BCUT2D eigenvalue weighted by Crippen LogP contribution is 2.26. The van der Waals surface area contributed by atoms with Crippen LogP contribution in [-0.2, 0) is 4.79 Å². The van der Waals surface area contributed by atoms with Crippen LogP contribution in [-0.4, -0.2) is 46.7 Å². The number of aliphatic carboxylic acids is 1. The van der Waals surface area contributed by atoms with Crippen molar-refractivity contribution >= 4 is 5.97 Å². The maximum absolute atomic E-state index is 11.5. The van der Waals surface area contributed by atoms with Crippen LogP contribution in [0.15, 0.2) is 0 Å². The Morgan fingerprint density at radius 1 is 1.29 bits per heavy atom. The van der Waals surface area contributed by atoms with Crippen molar-refractivity contribution in [1.29, 1.82) is 0 Å².